The summed E-state index contributed by atoms with van der Waals surface area (Å²) in [7, 11) is 0. The minimum Gasteiger partial charge on any atom is -0.481 e. The van der Waals surface area contributed by atoms with E-state index in [1.165, 1.54) is 0 Å². The molecule has 0 aliphatic heterocycles. The summed E-state index contributed by atoms with van der Waals surface area (Å²) < 4.78 is 0. The van der Waals surface area contributed by atoms with Crippen LogP contribution in [-0.4, -0.2) is 29.2 Å². The van der Waals surface area contributed by atoms with Crippen LogP contribution in [0.15, 0.2) is 0 Å². The lowest BCUT2D eigenvalue weighted by Crippen LogP contribution is -2.50. The fraction of sp³-hybridized carbons (Fsp3) is 0.833. The van der Waals surface area contributed by atoms with Crippen LogP contribution < -0.4 is 10.6 Å². The standard InChI is InChI=1S/C12H24N2O3/c1-11(2,3)8-13-10(17)14-12(4,5)7-6-9(15)16/h6-8H2,1-5H3,(H,15,16)(H2,13,14,17). The van der Waals surface area contributed by atoms with Crippen LogP contribution in [0.4, 0.5) is 4.79 Å². The predicted octanol–water partition coefficient (Wildman–Crippen LogP) is 1.98. The highest BCUT2D eigenvalue weighted by atomic mass is 16.4. The van der Waals surface area contributed by atoms with Crippen LogP contribution in [0.25, 0.3) is 0 Å². The molecule has 0 aromatic heterocycles. The van der Waals surface area contributed by atoms with Gasteiger partial charge >= 0.3 is 12.0 Å². The first kappa shape index (κ1) is 15.7. The second kappa shape index (κ2) is 5.89. The van der Waals surface area contributed by atoms with Gasteiger partial charge in [-0.3, -0.25) is 4.79 Å². The Morgan fingerprint density at radius 2 is 1.65 bits per heavy atom. The molecule has 17 heavy (non-hydrogen) atoms. The van der Waals surface area contributed by atoms with E-state index in [4.69, 9.17) is 5.11 Å². The summed E-state index contributed by atoms with van der Waals surface area (Å²) in [6, 6.07) is -0.254. The summed E-state index contributed by atoms with van der Waals surface area (Å²) in [6.07, 6.45) is 0.456. The maximum Gasteiger partial charge on any atom is 0.315 e. The lowest BCUT2D eigenvalue weighted by atomic mass is 9.97. The Morgan fingerprint density at radius 1 is 1.12 bits per heavy atom. The summed E-state index contributed by atoms with van der Waals surface area (Å²) in [5.74, 6) is -0.852. The molecule has 0 aliphatic carbocycles. The molecular formula is C12H24N2O3. The molecule has 0 radical (unpaired) electrons. The zero-order valence-corrected chi connectivity index (χ0v) is 11.4. The number of carbonyl (C=O) groups excluding carboxylic acids is 1. The third-order valence-corrected chi connectivity index (χ3v) is 2.20. The van der Waals surface area contributed by atoms with Gasteiger partial charge in [0.2, 0.25) is 0 Å². The average Bonchev–Trinajstić information content (AvgIpc) is 2.10. The number of rotatable bonds is 5. The molecule has 0 aromatic carbocycles. The van der Waals surface area contributed by atoms with E-state index < -0.39 is 11.5 Å². The third kappa shape index (κ3) is 9.66. The molecule has 0 heterocycles. The molecule has 0 unspecified atom stereocenters. The van der Waals surface area contributed by atoms with Crippen LogP contribution in [0.1, 0.15) is 47.5 Å². The van der Waals surface area contributed by atoms with Crippen molar-refractivity contribution in [3.63, 3.8) is 0 Å². The average molecular weight is 244 g/mol. The zero-order valence-electron chi connectivity index (χ0n) is 11.4. The number of hydrogen-bond acceptors (Lipinski definition) is 2. The van der Waals surface area contributed by atoms with Gasteiger partial charge < -0.3 is 15.7 Å². The third-order valence-electron chi connectivity index (χ3n) is 2.20. The number of urea groups is 1. The molecule has 0 fully saturated rings. The Balaban J connectivity index is 4.05. The summed E-state index contributed by atoms with van der Waals surface area (Å²) in [5, 5.41) is 14.1. The molecule has 3 N–H and O–H groups in total. The molecule has 5 nitrogen and oxygen atoms in total. The number of nitrogens with one attached hydrogen (secondary N) is 2. The smallest absolute Gasteiger partial charge is 0.315 e. The number of hydrogen-bond donors (Lipinski definition) is 3. The van der Waals surface area contributed by atoms with Crippen LogP contribution in [0.3, 0.4) is 0 Å². The van der Waals surface area contributed by atoms with E-state index in [1.54, 1.807) is 0 Å². The van der Waals surface area contributed by atoms with Crippen molar-refractivity contribution in [1.82, 2.24) is 10.6 Å². The van der Waals surface area contributed by atoms with Gasteiger partial charge in [0, 0.05) is 18.5 Å². The molecule has 2 amide bonds. The first-order chi connectivity index (χ1) is 7.52. The van der Waals surface area contributed by atoms with E-state index in [-0.39, 0.29) is 17.9 Å². The number of aliphatic carboxylic acids is 1. The highest BCUT2D eigenvalue weighted by Crippen LogP contribution is 2.12. The highest BCUT2D eigenvalue weighted by molar-refractivity contribution is 5.75. The molecule has 0 aliphatic rings. The molecule has 5 heteroatoms. The lowest BCUT2D eigenvalue weighted by molar-refractivity contribution is -0.137. The van der Waals surface area contributed by atoms with Gasteiger partial charge in [-0.1, -0.05) is 20.8 Å². The van der Waals surface area contributed by atoms with Gasteiger partial charge in [-0.25, -0.2) is 4.79 Å². The van der Waals surface area contributed by atoms with Gasteiger partial charge in [0.05, 0.1) is 0 Å². The monoisotopic (exact) mass is 244 g/mol. The van der Waals surface area contributed by atoms with Gasteiger partial charge in [-0.15, -0.1) is 0 Å². The fourth-order valence-electron chi connectivity index (χ4n) is 1.18. The van der Waals surface area contributed by atoms with Crippen molar-refractivity contribution in [2.75, 3.05) is 6.54 Å². The molecule has 0 rings (SSSR count). The predicted molar refractivity (Wildman–Crippen MR) is 66.9 cm³/mol. The normalized spacial score (nSPS) is 12.1. The molecular weight excluding hydrogens is 220 g/mol. The van der Waals surface area contributed by atoms with E-state index in [9.17, 15) is 9.59 Å². The van der Waals surface area contributed by atoms with Crippen LogP contribution in [-0.2, 0) is 4.79 Å². The van der Waals surface area contributed by atoms with Crippen molar-refractivity contribution in [2.45, 2.75) is 53.0 Å². The first-order valence-electron chi connectivity index (χ1n) is 5.80. The van der Waals surface area contributed by atoms with Crippen molar-refractivity contribution in [2.24, 2.45) is 5.41 Å². The van der Waals surface area contributed by atoms with Crippen LogP contribution in [0.5, 0.6) is 0 Å². The van der Waals surface area contributed by atoms with Crippen LogP contribution >= 0.6 is 0 Å². The molecule has 0 spiro atoms. The SMILES string of the molecule is CC(C)(C)CNC(=O)NC(C)(C)CCC(=O)O. The minimum atomic E-state index is -0.852. The molecule has 0 saturated carbocycles. The second-order valence-electron chi connectivity index (χ2n) is 6.15. The molecule has 0 bridgehead atoms. The van der Waals surface area contributed by atoms with E-state index >= 15 is 0 Å². The number of carboxylic acid groups (broad SMARTS) is 1. The van der Waals surface area contributed by atoms with E-state index in [1.807, 2.05) is 34.6 Å². The highest BCUT2D eigenvalue weighted by Gasteiger charge is 2.22. The van der Waals surface area contributed by atoms with Crippen molar-refractivity contribution >= 4 is 12.0 Å². The van der Waals surface area contributed by atoms with Crippen molar-refractivity contribution in [3.05, 3.63) is 0 Å². The van der Waals surface area contributed by atoms with Gasteiger partial charge in [0.25, 0.3) is 0 Å². The van der Waals surface area contributed by atoms with E-state index in [2.05, 4.69) is 10.6 Å². The maximum absolute atomic E-state index is 11.6. The number of carboxylic acids is 1. The Labute approximate surface area is 103 Å². The number of carbonyl (C=O) groups is 2. The van der Waals surface area contributed by atoms with Crippen molar-refractivity contribution in [3.8, 4) is 0 Å². The van der Waals surface area contributed by atoms with Gasteiger partial charge in [0.15, 0.2) is 0 Å². The van der Waals surface area contributed by atoms with Crippen LogP contribution in [0.2, 0.25) is 0 Å². The molecule has 0 saturated heterocycles. The Bertz CT molecular complexity index is 280. The summed E-state index contributed by atoms with van der Waals surface area (Å²) in [6.45, 7) is 10.3. The molecule has 0 atom stereocenters. The quantitative estimate of drug-likeness (QED) is 0.692. The second-order valence-corrected chi connectivity index (χ2v) is 6.15. The molecule has 0 aromatic rings. The van der Waals surface area contributed by atoms with Crippen LogP contribution in [0, 0.1) is 5.41 Å². The zero-order chi connectivity index (χ0) is 13.7. The number of amides is 2. The summed E-state index contributed by atoms with van der Waals surface area (Å²) in [5.41, 5.74) is -0.483. The summed E-state index contributed by atoms with van der Waals surface area (Å²) in [4.78, 5) is 22.0. The summed E-state index contributed by atoms with van der Waals surface area (Å²) >= 11 is 0. The molecule has 100 valence electrons. The maximum atomic E-state index is 11.6. The topological polar surface area (TPSA) is 78.4 Å². The van der Waals surface area contributed by atoms with Gasteiger partial charge in [-0.05, 0) is 25.7 Å². The first-order valence-corrected chi connectivity index (χ1v) is 5.80. The Hall–Kier alpha value is -1.26. The van der Waals surface area contributed by atoms with Crippen molar-refractivity contribution in [1.29, 1.82) is 0 Å². The van der Waals surface area contributed by atoms with Gasteiger partial charge in [-0.2, -0.15) is 0 Å². The largest absolute Gasteiger partial charge is 0.481 e. The lowest BCUT2D eigenvalue weighted by Gasteiger charge is -2.27. The fourth-order valence-corrected chi connectivity index (χ4v) is 1.18. The Morgan fingerprint density at radius 3 is 2.06 bits per heavy atom. The van der Waals surface area contributed by atoms with E-state index in [0.717, 1.165) is 0 Å². The Kier molecular flexibility index (Phi) is 5.45. The van der Waals surface area contributed by atoms with E-state index in [0.29, 0.717) is 13.0 Å². The minimum absolute atomic E-state index is 0.0303. The van der Waals surface area contributed by atoms with Gasteiger partial charge in [0.1, 0.15) is 0 Å². The van der Waals surface area contributed by atoms with Crippen molar-refractivity contribution < 1.29 is 14.7 Å².